The molecule has 6 nitrogen and oxygen atoms in total. The summed E-state index contributed by atoms with van der Waals surface area (Å²) in [6, 6.07) is 11.5. The molecule has 0 aliphatic carbocycles. The van der Waals surface area contributed by atoms with Crippen molar-refractivity contribution in [1.29, 1.82) is 0 Å². The van der Waals surface area contributed by atoms with Crippen LogP contribution in [0.1, 0.15) is 17.5 Å². The van der Waals surface area contributed by atoms with Crippen LogP contribution in [0, 0.1) is 13.8 Å². The monoisotopic (exact) mass is 552 g/mol. The Bertz CT molecular complexity index is 876. The average Bonchev–Trinajstić information content (AvgIpc) is 2.98. The molecule has 1 heterocycles. The van der Waals surface area contributed by atoms with Crippen LogP contribution >= 0.6 is 31.9 Å². The van der Waals surface area contributed by atoms with Gasteiger partial charge in [0.25, 0.3) is 11.8 Å². The van der Waals surface area contributed by atoms with E-state index in [2.05, 4.69) is 31.9 Å². The fourth-order valence-corrected chi connectivity index (χ4v) is 4.54. The van der Waals surface area contributed by atoms with Gasteiger partial charge in [-0.25, -0.2) is 0 Å². The molecule has 1 aliphatic heterocycles. The second kappa shape index (κ2) is 11.0. The summed E-state index contributed by atoms with van der Waals surface area (Å²) in [5, 5.41) is 0. The van der Waals surface area contributed by atoms with Crippen molar-refractivity contribution in [3.05, 3.63) is 56.5 Å². The van der Waals surface area contributed by atoms with Gasteiger partial charge in [-0.05, 0) is 87.5 Å². The number of carbonyl (C=O) groups excluding carboxylic acids is 2. The molecule has 0 unspecified atom stereocenters. The number of halogens is 2. The van der Waals surface area contributed by atoms with E-state index in [0.29, 0.717) is 37.7 Å². The van der Waals surface area contributed by atoms with Crippen molar-refractivity contribution in [2.45, 2.75) is 20.3 Å². The lowest BCUT2D eigenvalue weighted by Crippen LogP contribution is -2.40. The standard InChI is InChI=1S/C23H26Br2N2O4/c1-16-4-6-20(18(24)12-16)30-14-22(28)26-8-3-9-27(11-10-26)23(29)15-31-21-7-5-17(2)13-19(21)25/h4-7,12-13H,3,8-11,14-15H2,1-2H3. The highest BCUT2D eigenvalue weighted by atomic mass is 79.9. The van der Waals surface area contributed by atoms with Crippen molar-refractivity contribution in [2.24, 2.45) is 0 Å². The van der Waals surface area contributed by atoms with E-state index in [-0.39, 0.29) is 25.0 Å². The first-order valence-corrected chi connectivity index (χ1v) is 11.8. The van der Waals surface area contributed by atoms with Crippen LogP contribution in [0.2, 0.25) is 0 Å². The second-order valence-corrected chi connectivity index (χ2v) is 9.27. The van der Waals surface area contributed by atoms with E-state index in [1.54, 1.807) is 9.80 Å². The van der Waals surface area contributed by atoms with Crippen molar-refractivity contribution in [2.75, 3.05) is 39.4 Å². The minimum atomic E-state index is -0.0818. The van der Waals surface area contributed by atoms with Crippen LogP contribution in [0.25, 0.3) is 0 Å². The first kappa shape index (κ1) is 23.6. The molecule has 3 rings (SSSR count). The predicted octanol–water partition coefficient (Wildman–Crippen LogP) is 4.35. The molecule has 2 amide bonds. The summed E-state index contributed by atoms with van der Waals surface area (Å²) >= 11 is 6.92. The number of rotatable bonds is 6. The van der Waals surface area contributed by atoms with E-state index >= 15 is 0 Å². The van der Waals surface area contributed by atoms with Crippen molar-refractivity contribution < 1.29 is 19.1 Å². The number of hydrogen-bond donors (Lipinski definition) is 0. The van der Waals surface area contributed by atoms with Gasteiger partial charge in [0.15, 0.2) is 13.2 Å². The fourth-order valence-electron chi connectivity index (χ4n) is 3.32. The minimum Gasteiger partial charge on any atom is -0.483 e. The summed E-state index contributed by atoms with van der Waals surface area (Å²) in [6.45, 7) is 6.11. The molecule has 8 heteroatoms. The molecule has 1 fully saturated rings. The summed E-state index contributed by atoms with van der Waals surface area (Å²) in [6.07, 6.45) is 0.722. The SMILES string of the molecule is Cc1ccc(OCC(=O)N2CCCN(C(=O)COc3ccc(C)cc3Br)CC2)c(Br)c1. The highest BCUT2D eigenvalue weighted by Crippen LogP contribution is 2.26. The number of nitrogens with zero attached hydrogens (tertiary/aromatic N) is 2. The summed E-state index contributed by atoms with van der Waals surface area (Å²) in [5.74, 6) is 1.12. The van der Waals surface area contributed by atoms with Crippen LogP contribution in [-0.4, -0.2) is 61.0 Å². The molecule has 2 aromatic carbocycles. The number of hydrogen-bond acceptors (Lipinski definition) is 4. The number of amides is 2. The van der Waals surface area contributed by atoms with Crippen molar-refractivity contribution in [1.82, 2.24) is 9.80 Å². The lowest BCUT2D eigenvalue weighted by atomic mass is 10.2. The number of benzene rings is 2. The zero-order valence-electron chi connectivity index (χ0n) is 17.7. The zero-order chi connectivity index (χ0) is 22.4. The topological polar surface area (TPSA) is 59.1 Å². The molecule has 0 saturated carbocycles. The third-order valence-corrected chi connectivity index (χ3v) is 6.32. The van der Waals surface area contributed by atoms with E-state index in [0.717, 1.165) is 26.5 Å². The highest BCUT2D eigenvalue weighted by molar-refractivity contribution is 9.10. The Kier molecular flexibility index (Phi) is 8.37. The smallest absolute Gasteiger partial charge is 0.260 e. The molecule has 0 aromatic heterocycles. The highest BCUT2D eigenvalue weighted by Gasteiger charge is 2.23. The van der Waals surface area contributed by atoms with Gasteiger partial charge in [0, 0.05) is 26.2 Å². The van der Waals surface area contributed by atoms with E-state index in [1.165, 1.54) is 0 Å². The van der Waals surface area contributed by atoms with Gasteiger partial charge in [0.05, 0.1) is 8.95 Å². The third kappa shape index (κ3) is 6.71. The third-order valence-electron chi connectivity index (χ3n) is 5.08. The summed E-state index contributed by atoms with van der Waals surface area (Å²) in [4.78, 5) is 28.7. The van der Waals surface area contributed by atoms with Gasteiger partial charge >= 0.3 is 0 Å². The van der Waals surface area contributed by atoms with E-state index < -0.39 is 0 Å². The minimum absolute atomic E-state index is 0.0276. The maximum atomic E-state index is 12.6. The first-order chi connectivity index (χ1) is 14.8. The van der Waals surface area contributed by atoms with Crippen molar-refractivity contribution >= 4 is 43.7 Å². The Balaban J connectivity index is 1.47. The Hall–Kier alpha value is -2.06. The molecule has 0 atom stereocenters. The van der Waals surface area contributed by atoms with Gasteiger partial charge in [-0.15, -0.1) is 0 Å². The van der Waals surface area contributed by atoms with E-state index in [9.17, 15) is 9.59 Å². The molecule has 0 spiro atoms. The normalized spacial score (nSPS) is 14.2. The summed E-state index contributed by atoms with van der Waals surface area (Å²) in [5.41, 5.74) is 2.23. The molecule has 2 aromatic rings. The van der Waals surface area contributed by atoms with Crippen LogP contribution in [-0.2, 0) is 9.59 Å². The van der Waals surface area contributed by atoms with Crippen molar-refractivity contribution in [3.63, 3.8) is 0 Å². The maximum absolute atomic E-state index is 12.6. The maximum Gasteiger partial charge on any atom is 0.260 e. The Labute approximate surface area is 199 Å². The van der Waals surface area contributed by atoms with E-state index in [4.69, 9.17) is 9.47 Å². The van der Waals surface area contributed by atoms with Crippen LogP contribution in [0.15, 0.2) is 45.3 Å². The second-order valence-electron chi connectivity index (χ2n) is 7.56. The van der Waals surface area contributed by atoms with Gasteiger partial charge in [0.2, 0.25) is 0 Å². The molecule has 166 valence electrons. The largest absolute Gasteiger partial charge is 0.483 e. The summed E-state index contributed by atoms with van der Waals surface area (Å²) < 4.78 is 13.0. The van der Waals surface area contributed by atoms with Gasteiger partial charge in [-0.1, -0.05) is 12.1 Å². The average molecular weight is 554 g/mol. The van der Waals surface area contributed by atoms with Gasteiger partial charge in [-0.3, -0.25) is 9.59 Å². The first-order valence-electron chi connectivity index (χ1n) is 10.2. The lowest BCUT2D eigenvalue weighted by molar-refractivity contribution is -0.135. The number of ether oxygens (including phenoxy) is 2. The Morgan fingerprint density at radius 2 is 1.19 bits per heavy atom. The molecule has 31 heavy (non-hydrogen) atoms. The van der Waals surface area contributed by atoms with Gasteiger partial charge in [0.1, 0.15) is 11.5 Å². The van der Waals surface area contributed by atoms with Gasteiger partial charge in [-0.2, -0.15) is 0 Å². The van der Waals surface area contributed by atoms with Crippen LogP contribution in [0.5, 0.6) is 11.5 Å². The van der Waals surface area contributed by atoms with Crippen LogP contribution in [0.4, 0.5) is 0 Å². The fraction of sp³-hybridized carbons (Fsp3) is 0.391. The molecular weight excluding hydrogens is 528 g/mol. The molecule has 1 aliphatic rings. The van der Waals surface area contributed by atoms with Gasteiger partial charge < -0.3 is 19.3 Å². The zero-order valence-corrected chi connectivity index (χ0v) is 20.9. The molecular formula is C23H26Br2N2O4. The molecule has 0 radical (unpaired) electrons. The summed E-state index contributed by atoms with van der Waals surface area (Å²) in [7, 11) is 0. The van der Waals surface area contributed by atoms with Crippen LogP contribution < -0.4 is 9.47 Å². The predicted molar refractivity (Wildman–Crippen MR) is 127 cm³/mol. The quantitative estimate of drug-likeness (QED) is 0.533. The lowest BCUT2D eigenvalue weighted by Gasteiger charge is -2.22. The Morgan fingerprint density at radius 3 is 1.58 bits per heavy atom. The number of aryl methyl sites for hydroxylation is 2. The van der Waals surface area contributed by atoms with Crippen LogP contribution in [0.3, 0.4) is 0 Å². The molecule has 0 bridgehead atoms. The molecule has 0 N–H and O–H groups in total. The Morgan fingerprint density at radius 1 is 0.774 bits per heavy atom. The van der Waals surface area contributed by atoms with E-state index in [1.807, 2.05) is 50.2 Å². The van der Waals surface area contributed by atoms with Crippen molar-refractivity contribution in [3.8, 4) is 11.5 Å². The number of carbonyl (C=O) groups is 2. The molecule has 1 saturated heterocycles.